The van der Waals surface area contributed by atoms with Crippen LogP contribution in [-0.4, -0.2) is 17.3 Å². The van der Waals surface area contributed by atoms with Crippen molar-refractivity contribution in [1.29, 1.82) is 0 Å². The molecule has 0 aliphatic carbocycles. The van der Waals surface area contributed by atoms with Gasteiger partial charge in [-0.25, -0.2) is 0 Å². The molecule has 3 rings (SSSR count). The van der Waals surface area contributed by atoms with Gasteiger partial charge < -0.3 is 9.26 Å². The van der Waals surface area contributed by atoms with Crippen molar-refractivity contribution in [3.05, 3.63) is 64.0 Å². The third-order valence-electron chi connectivity index (χ3n) is 4.12. The van der Waals surface area contributed by atoms with Gasteiger partial charge in [0.2, 0.25) is 11.7 Å². The lowest BCUT2D eigenvalue weighted by molar-refractivity contribution is 0.327. The number of ether oxygens (including phenoxy) is 1. The molecular weight excluding hydrogens is 373 g/mol. The predicted molar refractivity (Wildman–Crippen MR) is 103 cm³/mol. The Morgan fingerprint density at radius 1 is 1.12 bits per heavy atom. The Balaban J connectivity index is 1.71. The van der Waals surface area contributed by atoms with E-state index < -0.39 is 0 Å². The van der Waals surface area contributed by atoms with Gasteiger partial charge in [0.15, 0.2) is 0 Å². The van der Waals surface area contributed by atoms with E-state index in [1.54, 1.807) is 13.2 Å². The van der Waals surface area contributed by atoms with Gasteiger partial charge in [0, 0.05) is 11.1 Å². The van der Waals surface area contributed by atoms with Crippen molar-refractivity contribution >= 4 is 23.2 Å². The van der Waals surface area contributed by atoms with Crippen LogP contribution in [0.2, 0.25) is 10.0 Å². The van der Waals surface area contributed by atoms with Crippen molar-refractivity contribution < 1.29 is 9.26 Å². The minimum absolute atomic E-state index is 0.348. The van der Waals surface area contributed by atoms with Gasteiger partial charge in [0.25, 0.3) is 0 Å². The summed E-state index contributed by atoms with van der Waals surface area (Å²) in [5, 5.41) is 8.50. The summed E-state index contributed by atoms with van der Waals surface area (Å²) in [5.74, 6) is 1.76. The van der Waals surface area contributed by atoms with Crippen LogP contribution in [0.3, 0.4) is 0 Å². The first-order valence-corrected chi connectivity index (χ1v) is 8.82. The number of halogens is 2. The quantitative estimate of drug-likeness (QED) is 0.634. The lowest BCUT2D eigenvalue weighted by Crippen LogP contribution is -2.36. The van der Waals surface area contributed by atoms with Crippen molar-refractivity contribution in [3.8, 4) is 17.1 Å². The second kappa shape index (κ2) is 7.66. The Kier molecular flexibility index (Phi) is 5.51. The van der Waals surface area contributed by atoms with Gasteiger partial charge in [0.1, 0.15) is 5.75 Å². The Morgan fingerprint density at radius 2 is 1.92 bits per heavy atom. The Labute approximate surface area is 162 Å². The third kappa shape index (κ3) is 4.18. The molecule has 136 valence electrons. The van der Waals surface area contributed by atoms with E-state index in [9.17, 15) is 0 Å². The Bertz CT molecular complexity index is 909. The standard InChI is InChI=1S/C19H19Cl2N3O2/c1-19(2,13-7-8-15(20)16(21)10-13)22-11-17-23-18(24-26-17)12-5-4-6-14(9-12)25-3/h4-10,22H,11H2,1-3H3. The fourth-order valence-electron chi connectivity index (χ4n) is 2.49. The average Bonchev–Trinajstić information content (AvgIpc) is 3.11. The summed E-state index contributed by atoms with van der Waals surface area (Å²) in [6, 6.07) is 13.1. The molecule has 0 atom stereocenters. The fraction of sp³-hybridized carbons (Fsp3) is 0.263. The van der Waals surface area contributed by atoms with Crippen LogP contribution in [0.15, 0.2) is 47.0 Å². The minimum Gasteiger partial charge on any atom is -0.497 e. The summed E-state index contributed by atoms with van der Waals surface area (Å²) in [6.45, 7) is 4.52. The lowest BCUT2D eigenvalue weighted by Gasteiger charge is -2.26. The second-order valence-corrected chi connectivity index (χ2v) is 7.17. The number of methoxy groups -OCH3 is 1. The summed E-state index contributed by atoms with van der Waals surface area (Å²) in [4.78, 5) is 4.44. The molecule has 1 N–H and O–H groups in total. The smallest absolute Gasteiger partial charge is 0.240 e. The number of nitrogens with one attached hydrogen (secondary N) is 1. The van der Waals surface area contributed by atoms with Crippen LogP contribution in [0.5, 0.6) is 5.75 Å². The molecule has 1 aromatic heterocycles. The average molecular weight is 392 g/mol. The van der Waals surface area contributed by atoms with Gasteiger partial charge in [-0.3, -0.25) is 5.32 Å². The zero-order valence-corrected chi connectivity index (χ0v) is 16.2. The van der Waals surface area contributed by atoms with Gasteiger partial charge in [-0.1, -0.05) is 46.6 Å². The summed E-state index contributed by atoms with van der Waals surface area (Å²) in [7, 11) is 1.62. The normalized spacial score (nSPS) is 11.6. The molecule has 2 aromatic carbocycles. The van der Waals surface area contributed by atoms with Crippen LogP contribution in [0.25, 0.3) is 11.4 Å². The highest BCUT2D eigenvalue weighted by atomic mass is 35.5. The van der Waals surface area contributed by atoms with E-state index >= 15 is 0 Å². The van der Waals surface area contributed by atoms with Gasteiger partial charge in [-0.2, -0.15) is 4.98 Å². The summed E-state index contributed by atoms with van der Waals surface area (Å²) in [5.41, 5.74) is 1.50. The van der Waals surface area contributed by atoms with Crippen molar-refractivity contribution in [3.63, 3.8) is 0 Å². The second-order valence-electron chi connectivity index (χ2n) is 6.35. The highest BCUT2D eigenvalue weighted by Crippen LogP contribution is 2.29. The fourth-order valence-corrected chi connectivity index (χ4v) is 2.79. The van der Waals surface area contributed by atoms with E-state index in [0.29, 0.717) is 28.3 Å². The maximum absolute atomic E-state index is 6.12. The summed E-state index contributed by atoms with van der Waals surface area (Å²) < 4.78 is 10.6. The molecule has 0 aliphatic rings. The number of hydrogen-bond donors (Lipinski definition) is 1. The lowest BCUT2D eigenvalue weighted by atomic mass is 9.94. The van der Waals surface area contributed by atoms with E-state index in [1.807, 2.05) is 50.2 Å². The van der Waals surface area contributed by atoms with Crippen LogP contribution >= 0.6 is 23.2 Å². The van der Waals surface area contributed by atoms with Crippen molar-refractivity contribution in [2.45, 2.75) is 25.9 Å². The van der Waals surface area contributed by atoms with Crippen LogP contribution in [0.4, 0.5) is 0 Å². The molecule has 0 unspecified atom stereocenters. The van der Waals surface area contributed by atoms with Gasteiger partial charge >= 0.3 is 0 Å². The van der Waals surface area contributed by atoms with Gasteiger partial charge in [0.05, 0.1) is 23.7 Å². The molecule has 5 nitrogen and oxygen atoms in total. The Hall–Kier alpha value is -2.08. The predicted octanol–water partition coefficient (Wildman–Crippen LogP) is 5.08. The third-order valence-corrected chi connectivity index (χ3v) is 4.86. The number of hydrogen-bond acceptors (Lipinski definition) is 5. The van der Waals surface area contributed by atoms with Crippen LogP contribution in [0, 0.1) is 0 Å². The molecule has 0 bridgehead atoms. The molecule has 0 fully saturated rings. The molecule has 7 heteroatoms. The highest BCUT2D eigenvalue weighted by Gasteiger charge is 2.22. The van der Waals surface area contributed by atoms with E-state index in [4.69, 9.17) is 32.5 Å². The Morgan fingerprint density at radius 3 is 2.65 bits per heavy atom. The maximum atomic E-state index is 6.12. The molecule has 0 radical (unpaired) electrons. The topological polar surface area (TPSA) is 60.2 Å². The first-order valence-electron chi connectivity index (χ1n) is 8.06. The highest BCUT2D eigenvalue weighted by molar-refractivity contribution is 6.42. The van der Waals surface area contributed by atoms with Crippen molar-refractivity contribution in [2.24, 2.45) is 0 Å². The number of nitrogens with zero attached hydrogens (tertiary/aromatic N) is 2. The first-order chi connectivity index (χ1) is 12.4. The molecule has 0 aliphatic heterocycles. The van der Waals surface area contributed by atoms with E-state index in [2.05, 4.69) is 15.5 Å². The van der Waals surface area contributed by atoms with Gasteiger partial charge in [-0.15, -0.1) is 0 Å². The van der Waals surface area contributed by atoms with E-state index in [-0.39, 0.29) is 5.54 Å². The van der Waals surface area contributed by atoms with E-state index in [0.717, 1.165) is 16.9 Å². The van der Waals surface area contributed by atoms with Crippen molar-refractivity contribution in [1.82, 2.24) is 15.5 Å². The zero-order valence-electron chi connectivity index (χ0n) is 14.7. The van der Waals surface area contributed by atoms with Crippen molar-refractivity contribution in [2.75, 3.05) is 7.11 Å². The molecule has 3 aromatic rings. The molecule has 0 amide bonds. The van der Waals surface area contributed by atoms with Gasteiger partial charge in [-0.05, 0) is 43.7 Å². The zero-order chi connectivity index (χ0) is 18.7. The monoisotopic (exact) mass is 391 g/mol. The molecule has 0 saturated heterocycles. The molecule has 0 saturated carbocycles. The molecule has 26 heavy (non-hydrogen) atoms. The molecule has 1 heterocycles. The largest absolute Gasteiger partial charge is 0.497 e. The van der Waals surface area contributed by atoms with Crippen LogP contribution in [-0.2, 0) is 12.1 Å². The van der Waals surface area contributed by atoms with Crippen LogP contribution < -0.4 is 10.1 Å². The molecular formula is C19H19Cl2N3O2. The number of benzene rings is 2. The molecule has 0 spiro atoms. The SMILES string of the molecule is COc1cccc(-c2noc(CNC(C)(C)c3ccc(Cl)c(Cl)c3)n2)c1. The minimum atomic E-state index is -0.348. The summed E-state index contributed by atoms with van der Waals surface area (Å²) in [6.07, 6.45) is 0. The van der Waals surface area contributed by atoms with Crippen LogP contribution in [0.1, 0.15) is 25.3 Å². The summed E-state index contributed by atoms with van der Waals surface area (Å²) >= 11 is 12.1. The first kappa shape index (κ1) is 18.7. The van der Waals surface area contributed by atoms with E-state index in [1.165, 1.54) is 0 Å². The maximum Gasteiger partial charge on any atom is 0.240 e. The number of rotatable bonds is 6. The number of aromatic nitrogens is 2.